The molecule has 0 saturated carbocycles. The van der Waals surface area contributed by atoms with Crippen molar-refractivity contribution in [2.75, 3.05) is 0 Å². The van der Waals surface area contributed by atoms with Crippen molar-refractivity contribution in [2.24, 2.45) is 0 Å². The minimum absolute atomic E-state index is 0.556. The highest BCUT2D eigenvalue weighted by Gasteiger charge is 2.14. The highest BCUT2D eigenvalue weighted by atomic mass is 16.3. The largest absolute Gasteiger partial charge is 0.436 e. The van der Waals surface area contributed by atoms with E-state index in [4.69, 9.17) is 19.4 Å². The lowest BCUT2D eigenvalue weighted by Crippen LogP contribution is -2.00. The zero-order valence-electron chi connectivity index (χ0n) is 23.7. The van der Waals surface area contributed by atoms with Crippen LogP contribution < -0.4 is 0 Å². The Labute approximate surface area is 257 Å². The van der Waals surface area contributed by atoms with Gasteiger partial charge in [0.05, 0.1) is 0 Å². The first-order valence-corrected chi connectivity index (χ1v) is 14.2. The number of nitrogens with zero attached hydrogens (tertiary/aromatic N) is 8. The Morgan fingerprint density at radius 3 is 1.20 bits per heavy atom. The van der Waals surface area contributed by atoms with E-state index in [-0.39, 0.29) is 0 Å². The van der Waals surface area contributed by atoms with Crippen LogP contribution in [-0.2, 0) is 0 Å². The van der Waals surface area contributed by atoms with E-state index in [0.717, 1.165) is 55.6 Å². The van der Waals surface area contributed by atoms with E-state index < -0.39 is 0 Å². The van der Waals surface area contributed by atoms with Crippen LogP contribution in [0.1, 0.15) is 0 Å². The average Bonchev–Trinajstić information content (AvgIpc) is 3.57. The normalized spacial score (nSPS) is 11.1. The molecule has 0 aliphatic rings. The summed E-state index contributed by atoms with van der Waals surface area (Å²) < 4.78 is 5.97. The molecule has 9 heteroatoms. The van der Waals surface area contributed by atoms with Crippen LogP contribution in [0.3, 0.4) is 0 Å². The van der Waals surface area contributed by atoms with Gasteiger partial charge in [-0.1, -0.05) is 72.8 Å². The first kappa shape index (κ1) is 26.2. The van der Waals surface area contributed by atoms with Gasteiger partial charge in [0.15, 0.2) is 23.1 Å². The van der Waals surface area contributed by atoms with Gasteiger partial charge >= 0.3 is 0 Å². The third-order valence-corrected chi connectivity index (χ3v) is 7.39. The lowest BCUT2D eigenvalue weighted by Gasteiger charge is -2.10. The zero-order chi connectivity index (χ0) is 30.0. The molecule has 0 radical (unpaired) electrons. The Hall–Kier alpha value is -6.48. The minimum atomic E-state index is 0.556. The lowest BCUT2D eigenvalue weighted by molar-refractivity contribution is 0.620. The second kappa shape index (κ2) is 11.3. The van der Waals surface area contributed by atoms with Crippen molar-refractivity contribution in [1.29, 1.82) is 0 Å². The van der Waals surface area contributed by atoms with E-state index in [1.807, 2.05) is 97.1 Å². The molecule has 0 atom stereocenters. The molecule has 45 heavy (non-hydrogen) atoms. The fraction of sp³-hybridized carbons (Fsp3) is 0. The fourth-order valence-electron chi connectivity index (χ4n) is 5.04. The van der Waals surface area contributed by atoms with Gasteiger partial charge in [0, 0.05) is 58.2 Å². The van der Waals surface area contributed by atoms with Gasteiger partial charge in [0.1, 0.15) is 18.2 Å². The van der Waals surface area contributed by atoms with Crippen LogP contribution in [0.2, 0.25) is 0 Å². The molecular formula is C36H22N8O. The molecular weight excluding hydrogens is 560 g/mol. The maximum Gasteiger partial charge on any atom is 0.227 e. The van der Waals surface area contributed by atoms with Crippen molar-refractivity contribution in [3.63, 3.8) is 0 Å². The summed E-state index contributed by atoms with van der Waals surface area (Å²) in [6.07, 6.45) is 10.2. The predicted octanol–water partition coefficient (Wildman–Crippen LogP) is 7.59. The number of aromatic nitrogens is 8. The molecule has 4 aromatic heterocycles. The van der Waals surface area contributed by atoms with Crippen molar-refractivity contribution in [1.82, 2.24) is 39.9 Å². The van der Waals surface area contributed by atoms with Gasteiger partial charge in [0.25, 0.3) is 0 Å². The maximum atomic E-state index is 5.97. The molecule has 8 rings (SSSR count). The second-order valence-electron chi connectivity index (χ2n) is 10.3. The monoisotopic (exact) mass is 582 g/mol. The number of rotatable bonds is 6. The van der Waals surface area contributed by atoms with Crippen LogP contribution in [0.15, 0.2) is 139 Å². The smallest absolute Gasteiger partial charge is 0.227 e. The highest BCUT2D eigenvalue weighted by molar-refractivity contribution is 5.77. The number of benzene rings is 4. The zero-order valence-corrected chi connectivity index (χ0v) is 23.7. The molecule has 0 fully saturated rings. The minimum Gasteiger partial charge on any atom is -0.436 e. The SMILES string of the molecule is c1ccc2oc(-c3ccc(-c4nc(-c5ccc(-c6cncnc6)cc5)nc(-c5ccc(-c6cncnc6)cc5)n4)cc3)nc2c1. The van der Waals surface area contributed by atoms with Crippen molar-refractivity contribution < 1.29 is 4.42 Å². The summed E-state index contributed by atoms with van der Waals surface area (Å²) in [6, 6.07) is 31.7. The predicted molar refractivity (Wildman–Crippen MR) is 171 cm³/mol. The van der Waals surface area contributed by atoms with Gasteiger partial charge in [-0.05, 0) is 35.4 Å². The Balaban J connectivity index is 1.18. The van der Waals surface area contributed by atoms with Crippen LogP contribution in [0.25, 0.3) is 79.0 Å². The van der Waals surface area contributed by atoms with Gasteiger partial charge in [-0.2, -0.15) is 0 Å². The Kier molecular flexibility index (Phi) is 6.58. The fourth-order valence-corrected chi connectivity index (χ4v) is 5.04. The van der Waals surface area contributed by atoms with Crippen LogP contribution in [-0.4, -0.2) is 39.9 Å². The molecule has 8 aromatic rings. The van der Waals surface area contributed by atoms with Crippen LogP contribution in [0, 0.1) is 0 Å². The van der Waals surface area contributed by atoms with Gasteiger partial charge in [0.2, 0.25) is 5.89 Å². The summed E-state index contributed by atoms with van der Waals surface area (Å²) >= 11 is 0. The number of hydrogen-bond acceptors (Lipinski definition) is 9. The van der Waals surface area contributed by atoms with E-state index in [1.54, 1.807) is 24.8 Å². The lowest BCUT2D eigenvalue weighted by atomic mass is 10.1. The molecule has 0 bridgehead atoms. The molecule has 0 spiro atoms. The second-order valence-corrected chi connectivity index (χ2v) is 10.3. The van der Waals surface area contributed by atoms with Gasteiger partial charge in [-0.25, -0.2) is 39.9 Å². The molecule has 0 saturated heterocycles. The van der Waals surface area contributed by atoms with Gasteiger partial charge in [-0.15, -0.1) is 0 Å². The third kappa shape index (κ3) is 5.30. The van der Waals surface area contributed by atoms with E-state index in [0.29, 0.717) is 23.4 Å². The molecule has 0 N–H and O–H groups in total. The standard InChI is InChI=1S/C36H22N8O/c1-2-4-32-31(3-1)41-36(45-32)28-15-13-27(14-16-28)35-43-33(25-9-5-23(6-10-25)29-17-37-21-38-18-29)42-34(44-35)26-11-7-24(8-12-26)30-19-39-22-40-20-30/h1-22H. The summed E-state index contributed by atoms with van der Waals surface area (Å²) in [5, 5.41) is 0. The Bertz CT molecular complexity index is 2100. The van der Waals surface area contributed by atoms with Crippen molar-refractivity contribution in [3.05, 3.63) is 135 Å². The molecule has 4 heterocycles. The van der Waals surface area contributed by atoms with Crippen molar-refractivity contribution in [2.45, 2.75) is 0 Å². The third-order valence-electron chi connectivity index (χ3n) is 7.39. The summed E-state index contributed by atoms with van der Waals surface area (Å²) in [7, 11) is 0. The Morgan fingerprint density at radius 2 is 0.756 bits per heavy atom. The quantitative estimate of drug-likeness (QED) is 0.195. The summed E-state index contributed by atoms with van der Waals surface area (Å²) in [6.45, 7) is 0. The van der Waals surface area contributed by atoms with E-state index in [2.05, 4.69) is 24.9 Å². The molecule has 0 unspecified atom stereocenters. The summed E-state index contributed by atoms with van der Waals surface area (Å²) in [5.41, 5.74) is 8.88. The molecule has 212 valence electrons. The van der Waals surface area contributed by atoms with Crippen LogP contribution in [0.4, 0.5) is 0 Å². The molecule has 9 nitrogen and oxygen atoms in total. The van der Waals surface area contributed by atoms with Crippen LogP contribution >= 0.6 is 0 Å². The van der Waals surface area contributed by atoms with Gasteiger partial charge < -0.3 is 4.42 Å². The maximum absolute atomic E-state index is 5.97. The van der Waals surface area contributed by atoms with E-state index in [1.165, 1.54) is 12.7 Å². The first-order chi connectivity index (χ1) is 22.3. The number of hydrogen-bond donors (Lipinski definition) is 0. The average molecular weight is 583 g/mol. The Morgan fingerprint density at radius 1 is 0.356 bits per heavy atom. The highest BCUT2D eigenvalue weighted by Crippen LogP contribution is 2.30. The molecule has 0 aliphatic heterocycles. The first-order valence-electron chi connectivity index (χ1n) is 14.2. The van der Waals surface area contributed by atoms with Gasteiger partial charge in [-0.3, -0.25) is 0 Å². The molecule has 0 amide bonds. The van der Waals surface area contributed by atoms with E-state index in [9.17, 15) is 0 Å². The molecule has 0 aliphatic carbocycles. The number of fused-ring (bicyclic) bond motifs is 1. The topological polar surface area (TPSA) is 116 Å². The number of para-hydroxylation sites is 2. The summed E-state index contributed by atoms with van der Waals surface area (Å²) in [5.74, 6) is 2.25. The summed E-state index contributed by atoms with van der Waals surface area (Å²) in [4.78, 5) is 35.9. The van der Waals surface area contributed by atoms with E-state index >= 15 is 0 Å². The number of oxazole rings is 1. The van der Waals surface area contributed by atoms with Crippen LogP contribution in [0.5, 0.6) is 0 Å². The molecule has 4 aromatic carbocycles. The van der Waals surface area contributed by atoms with Crippen molar-refractivity contribution >= 4 is 11.1 Å². The van der Waals surface area contributed by atoms with Crippen molar-refractivity contribution in [3.8, 4) is 67.9 Å².